The van der Waals surface area contributed by atoms with Crippen LogP contribution in [0.15, 0.2) is 12.1 Å². The highest BCUT2D eigenvalue weighted by molar-refractivity contribution is 7.15. The van der Waals surface area contributed by atoms with E-state index in [4.69, 9.17) is 9.47 Å². The van der Waals surface area contributed by atoms with Gasteiger partial charge in [0, 0.05) is 6.61 Å². The van der Waals surface area contributed by atoms with Gasteiger partial charge in [-0.05, 0) is 49.8 Å². The molecule has 0 atom stereocenters. The number of benzene rings is 1. The molecular formula is C19H22F2NO2S. The molecule has 0 saturated heterocycles. The molecule has 1 heterocycles. The smallest absolute Gasteiger partial charge is 0.190 e. The molecule has 3 rings (SSSR count). The van der Waals surface area contributed by atoms with E-state index >= 15 is 0 Å². The maximum absolute atomic E-state index is 14.3. The van der Waals surface area contributed by atoms with Crippen molar-refractivity contribution in [2.75, 3.05) is 13.2 Å². The fraction of sp³-hybridized carbons (Fsp3) is 0.474. The summed E-state index contributed by atoms with van der Waals surface area (Å²) >= 11 is 1.41. The topological polar surface area (TPSA) is 31.4 Å². The highest BCUT2D eigenvalue weighted by atomic mass is 32.1. The molecular weight excluding hydrogens is 344 g/mol. The van der Waals surface area contributed by atoms with Crippen molar-refractivity contribution in [2.24, 2.45) is 5.92 Å². The molecule has 1 aromatic carbocycles. The Bertz CT molecular complexity index is 705. The first-order valence-corrected chi connectivity index (χ1v) is 9.35. The molecule has 1 aliphatic rings. The summed E-state index contributed by atoms with van der Waals surface area (Å²) < 4.78 is 39.5. The molecule has 0 spiro atoms. The molecule has 25 heavy (non-hydrogen) atoms. The second kappa shape index (κ2) is 8.23. The van der Waals surface area contributed by atoms with Crippen LogP contribution < -0.4 is 4.74 Å². The molecule has 1 aromatic heterocycles. The second-order valence-electron chi connectivity index (χ2n) is 6.29. The van der Waals surface area contributed by atoms with Crippen molar-refractivity contribution in [3.8, 4) is 16.2 Å². The van der Waals surface area contributed by atoms with Crippen LogP contribution in [0.3, 0.4) is 0 Å². The summed E-state index contributed by atoms with van der Waals surface area (Å²) in [4.78, 5) is 5.20. The predicted octanol–water partition coefficient (Wildman–Crippen LogP) is 5.32. The van der Waals surface area contributed by atoms with Crippen LogP contribution in [0.4, 0.5) is 8.78 Å². The fourth-order valence-electron chi connectivity index (χ4n) is 2.51. The van der Waals surface area contributed by atoms with Gasteiger partial charge in [-0.15, -0.1) is 11.3 Å². The van der Waals surface area contributed by atoms with Crippen LogP contribution in [0, 0.1) is 31.4 Å². The lowest BCUT2D eigenvalue weighted by Gasteiger charge is -2.10. The number of nitrogens with zero attached hydrogens (tertiary/aromatic N) is 1. The molecule has 0 amide bonds. The summed E-state index contributed by atoms with van der Waals surface area (Å²) in [5.74, 6) is -1.07. The first-order chi connectivity index (χ1) is 12.1. The third kappa shape index (κ3) is 4.76. The van der Waals surface area contributed by atoms with E-state index in [-0.39, 0.29) is 12.4 Å². The SMILES string of the molecule is [CH2]CCCOc1c(F)cc(-c2sc(C)nc2COCC2CC2)cc1F. The van der Waals surface area contributed by atoms with Gasteiger partial charge in [-0.25, -0.2) is 13.8 Å². The Balaban J connectivity index is 1.78. The minimum Gasteiger partial charge on any atom is -0.488 e. The number of rotatable bonds is 9. The molecule has 1 fully saturated rings. The van der Waals surface area contributed by atoms with Gasteiger partial charge < -0.3 is 9.47 Å². The maximum atomic E-state index is 14.3. The molecule has 135 valence electrons. The molecule has 1 aliphatic carbocycles. The van der Waals surface area contributed by atoms with Gasteiger partial charge in [-0.2, -0.15) is 0 Å². The maximum Gasteiger partial charge on any atom is 0.190 e. The standard InChI is InChI=1S/C19H22F2NO2S/c1-3-4-7-24-18-15(20)8-14(9-16(18)21)19-17(22-12(2)25-19)11-23-10-13-5-6-13/h8-9,13H,1,3-7,10-11H2,2H3. The largest absolute Gasteiger partial charge is 0.488 e. The van der Waals surface area contributed by atoms with Gasteiger partial charge in [-0.3, -0.25) is 0 Å². The summed E-state index contributed by atoms with van der Waals surface area (Å²) in [6.07, 6.45) is 3.74. The lowest BCUT2D eigenvalue weighted by molar-refractivity contribution is 0.109. The number of halogens is 2. The number of hydrogen-bond donors (Lipinski definition) is 0. The van der Waals surface area contributed by atoms with Gasteiger partial charge in [0.05, 0.1) is 28.8 Å². The van der Waals surface area contributed by atoms with E-state index in [2.05, 4.69) is 11.9 Å². The number of ether oxygens (including phenoxy) is 2. The van der Waals surface area contributed by atoms with E-state index in [0.717, 1.165) is 22.2 Å². The van der Waals surface area contributed by atoms with Gasteiger partial charge in [0.15, 0.2) is 17.4 Å². The van der Waals surface area contributed by atoms with Crippen LogP contribution in [-0.4, -0.2) is 18.2 Å². The summed E-state index contributed by atoms with van der Waals surface area (Å²) in [6.45, 7) is 6.89. The van der Waals surface area contributed by atoms with Crippen molar-refractivity contribution in [1.82, 2.24) is 4.98 Å². The van der Waals surface area contributed by atoms with Crippen molar-refractivity contribution in [3.63, 3.8) is 0 Å². The third-order valence-corrected chi connectivity index (χ3v) is 5.06. The highest BCUT2D eigenvalue weighted by Gasteiger charge is 2.22. The minimum absolute atomic E-state index is 0.247. The quantitative estimate of drug-likeness (QED) is 0.563. The zero-order valence-corrected chi connectivity index (χ0v) is 15.1. The lowest BCUT2D eigenvalue weighted by atomic mass is 10.1. The number of unbranched alkanes of at least 4 members (excludes halogenated alkanes) is 1. The zero-order valence-electron chi connectivity index (χ0n) is 14.3. The van der Waals surface area contributed by atoms with Crippen LogP contribution in [0.2, 0.25) is 0 Å². The Morgan fingerprint density at radius 2 is 2.00 bits per heavy atom. The van der Waals surface area contributed by atoms with E-state index in [9.17, 15) is 8.78 Å². The molecule has 2 aromatic rings. The second-order valence-corrected chi connectivity index (χ2v) is 7.49. The molecule has 3 nitrogen and oxygen atoms in total. The third-order valence-electron chi connectivity index (χ3n) is 3.99. The van der Waals surface area contributed by atoms with Gasteiger partial charge >= 0.3 is 0 Å². The molecule has 1 saturated carbocycles. The van der Waals surface area contributed by atoms with Crippen molar-refractivity contribution in [1.29, 1.82) is 0 Å². The molecule has 0 aliphatic heterocycles. The fourth-order valence-corrected chi connectivity index (χ4v) is 3.41. The first-order valence-electron chi connectivity index (χ1n) is 8.54. The van der Waals surface area contributed by atoms with E-state index in [1.807, 2.05) is 6.92 Å². The van der Waals surface area contributed by atoms with Crippen LogP contribution in [0.25, 0.3) is 10.4 Å². The number of aromatic nitrogens is 1. The summed E-state index contributed by atoms with van der Waals surface area (Å²) in [5, 5.41) is 0.844. The van der Waals surface area contributed by atoms with Crippen LogP contribution in [0.1, 0.15) is 36.4 Å². The summed E-state index contributed by atoms with van der Waals surface area (Å²) in [5.41, 5.74) is 1.20. The Morgan fingerprint density at radius 1 is 1.28 bits per heavy atom. The zero-order chi connectivity index (χ0) is 17.8. The average Bonchev–Trinajstić information content (AvgIpc) is 3.31. The molecule has 0 N–H and O–H groups in total. The first kappa shape index (κ1) is 18.3. The van der Waals surface area contributed by atoms with Gasteiger partial charge in [0.1, 0.15) is 0 Å². The molecule has 1 radical (unpaired) electrons. The van der Waals surface area contributed by atoms with Crippen molar-refractivity contribution in [3.05, 3.63) is 41.4 Å². The van der Waals surface area contributed by atoms with Gasteiger partial charge in [0.25, 0.3) is 0 Å². The van der Waals surface area contributed by atoms with Gasteiger partial charge in [-0.1, -0.05) is 13.3 Å². The van der Waals surface area contributed by atoms with Crippen LogP contribution in [-0.2, 0) is 11.3 Å². The number of thiazole rings is 1. The van der Waals surface area contributed by atoms with E-state index in [1.165, 1.54) is 36.3 Å². The van der Waals surface area contributed by atoms with E-state index in [0.29, 0.717) is 30.9 Å². The Labute approximate surface area is 151 Å². The highest BCUT2D eigenvalue weighted by Crippen LogP contribution is 2.35. The molecule has 0 bridgehead atoms. The predicted molar refractivity (Wildman–Crippen MR) is 94.7 cm³/mol. The molecule has 0 unspecified atom stereocenters. The molecule has 6 heteroatoms. The lowest BCUT2D eigenvalue weighted by Crippen LogP contribution is -2.02. The number of aryl methyl sites for hydroxylation is 1. The van der Waals surface area contributed by atoms with E-state index < -0.39 is 11.6 Å². The van der Waals surface area contributed by atoms with Crippen molar-refractivity contribution < 1.29 is 18.3 Å². The number of hydrogen-bond acceptors (Lipinski definition) is 4. The van der Waals surface area contributed by atoms with Crippen molar-refractivity contribution in [2.45, 2.75) is 39.2 Å². The Kier molecular flexibility index (Phi) is 6.02. The average molecular weight is 366 g/mol. The normalized spacial score (nSPS) is 14.1. The van der Waals surface area contributed by atoms with Gasteiger partial charge in [0.2, 0.25) is 0 Å². The Hall–Kier alpha value is -1.53. The van der Waals surface area contributed by atoms with Crippen LogP contribution in [0.5, 0.6) is 5.75 Å². The van der Waals surface area contributed by atoms with E-state index in [1.54, 1.807) is 0 Å². The monoisotopic (exact) mass is 366 g/mol. The van der Waals surface area contributed by atoms with Crippen molar-refractivity contribution >= 4 is 11.3 Å². The van der Waals surface area contributed by atoms with Crippen LogP contribution >= 0.6 is 11.3 Å². The summed E-state index contributed by atoms with van der Waals surface area (Å²) in [6, 6.07) is 2.61. The summed E-state index contributed by atoms with van der Waals surface area (Å²) in [7, 11) is 0. The Morgan fingerprint density at radius 3 is 2.64 bits per heavy atom. The minimum atomic E-state index is -0.699.